The molecule has 0 fully saturated rings. The summed E-state index contributed by atoms with van der Waals surface area (Å²) in [4.78, 5) is 4.52. The minimum Gasteiger partial charge on any atom is -0.389 e. The summed E-state index contributed by atoms with van der Waals surface area (Å²) in [6, 6.07) is 18.7. The Bertz CT molecular complexity index is 1090. The molecule has 1 N–H and O–H groups in total. The molecular weight excluding hydrogens is 454 g/mol. The van der Waals surface area contributed by atoms with Gasteiger partial charge in [0.15, 0.2) is 0 Å². The van der Waals surface area contributed by atoms with E-state index in [0.717, 1.165) is 55.2 Å². The zero-order valence-electron chi connectivity index (χ0n) is 21.1. The monoisotopic (exact) mass is 491 g/mol. The fourth-order valence-corrected chi connectivity index (χ4v) is 4.71. The molecule has 1 aliphatic heterocycles. The highest BCUT2D eigenvalue weighted by atomic mass is 16.5. The first-order chi connectivity index (χ1) is 17.7. The quantitative estimate of drug-likeness (QED) is 0.266. The predicted molar refractivity (Wildman–Crippen MR) is 142 cm³/mol. The summed E-state index contributed by atoms with van der Waals surface area (Å²) >= 11 is 0. The fraction of sp³-hybridized carbons (Fsp3) is 0.414. The molecule has 192 valence electrons. The van der Waals surface area contributed by atoms with E-state index in [2.05, 4.69) is 57.9 Å². The van der Waals surface area contributed by atoms with Crippen molar-refractivity contribution < 1.29 is 19.1 Å². The summed E-state index contributed by atoms with van der Waals surface area (Å²) in [5.41, 5.74) is 5.61. The normalized spacial score (nSPS) is 14.1. The lowest BCUT2D eigenvalue weighted by Crippen LogP contribution is -2.36. The molecule has 1 aliphatic rings. The third-order valence-corrected chi connectivity index (χ3v) is 6.45. The molecule has 7 heteroatoms. The Morgan fingerprint density at radius 2 is 1.94 bits per heavy atom. The SMILES string of the molecule is C=CCOC[C@H](O)CN(CCCOC)Cc1c(-c2ccccc2)noc1N1CCc2ccccc2C1. The molecule has 0 spiro atoms. The van der Waals surface area contributed by atoms with E-state index in [4.69, 9.17) is 14.0 Å². The van der Waals surface area contributed by atoms with Gasteiger partial charge >= 0.3 is 0 Å². The number of ether oxygens (including phenoxy) is 2. The zero-order chi connectivity index (χ0) is 25.2. The van der Waals surface area contributed by atoms with Gasteiger partial charge in [-0.1, -0.05) is 65.8 Å². The number of aliphatic hydroxyl groups is 1. The molecule has 1 aromatic heterocycles. The molecule has 0 amide bonds. The van der Waals surface area contributed by atoms with Crippen molar-refractivity contribution in [2.45, 2.75) is 32.0 Å². The molecule has 0 radical (unpaired) electrons. The molecule has 3 aromatic rings. The summed E-state index contributed by atoms with van der Waals surface area (Å²) in [5.74, 6) is 0.803. The number of fused-ring (bicyclic) bond motifs is 1. The van der Waals surface area contributed by atoms with Crippen molar-refractivity contribution in [2.24, 2.45) is 0 Å². The van der Waals surface area contributed by atoms with E-state index in [1.807, 2.05) is 18.2 Å². The number of nitrogens with zero attached hydrogens (tertiary/aromatic N) is 3. The van der Waals surface area contributed by atoms with Crippen molar-refractivity contribution >= 4 is 5.88 Å². The Kier molecular flexibility index (Phi) is 9.69. The van der Waals surface area contributed by atoms with E-state index in [0.29, 0.717) is 26.3 Å². The minimum atomic E-state index is -0.613. The van der Waals surface area contributed by atoms with Gasteiger partial charge in [-0.05, 0) is 24.0 Å². The number of benzene rings is 2. The van der Waals surface area contributed by atoms with E-state index in [9.17, 15) is 5.11 Å². The van der Waals surface area contributed by atoms with E-state index in [1.54, 1.807) is 13.2 Å². The van der Waals surface area contributed by atoms with Crippen LogP contribution < -0.4 is 4.90 Å². The van der Waals surface area contributed by atoms with Crippen LogP contribution in [0.3, 0.4) is 0 Å². The Hall–Kier alpha value is -2.97. The van der Waals surface area contributed by atoms with Gasteiger partial charge in [0.25, 0.3) is 0 Å². The molecule has 4 rings (SSSR count). The van der Waals surface area contributed by atoms with Crippen LogP contribution >= 0.6 is 0 Å². The van der Waals surface area contributed by atoms with Gasteiger partial charge in [0.2, 0.25) is 5.88 Å². The van der Waals surface area contributed by atoms with Crippen molar-refractivity contribution in [2.75, 3.05) is 51.5 Å². The summed E-state index contributed by atoms with van der Waals surface area (Å²) in [7, 11) is 1.71. The molecule has 7 nitrogen and oxygen atoms in total. The summed E-state index contributed by atoms with van der Waals surface area (Å²) in [6.07, 6.45) is 2.90. The maximum absolute atomic E-state index is 10.7. The van der Waals surface area contributed by atoms with Gasteiger partial charge in [0, 0.05) is 52.0 Å². The van der Waals surface area contributed by atoms with Gasteiger partial charge in [-0.2, -0.15) is 0 Å². The first-order valence-electron chi connectivity index (χ1n) is 12.6. The molecule has 0 unspecified atom stereocenters. The molecule has 1 atom stereocenters. The lowest BCUT2D eigenvalue weighted by Gasteiger charge is -2.30. The number of hydrogen-bond donors (Lipinski definition) is 1. The lowest BCUT2D eigenvalue weighted by atomic mass is 9.99. The second kappa shape index (κ2) is 13.4. The smallest absolute Gasteiger partial charge is 0.232 e. The first kappa shape index (κ1) is 26.1. The lowest BCUT2D eigenvalue weighted by molar-refractivity contribution is 0.0230. The van der Waals surface area contributed by atoms with Crippen molar-refractivity contribution in [1.29, 1.82) is 0 Å². The Balaban J connectivity index is 1.61. The molecule has 0 saturated heterocycles. The van der Waals surface area contributed by atoms with Gasteiger partial charge < -0.3 is 24.0 Å². The Morgan fingerprint density at radius 1 is 1.17 bits per heavy atom. The highest BCUT2D eigenvalue weighted by molar-refractivity contribution is 5.68. The van der Waals surface area contributed by atoms with Crippen molar-refractivity contribution in [1.82, 2.24) is 10.1 Å². The number of aromatic nitrogens is 1. The largest absolute Gasteiger partial charge is 0.389 e. The van der Waals surface area contributed by atoms with E-state index < -0.39 is 6.10 Å². The third-order valence-electron chi connectivity index (χ3n) is 6.45. The molecule has 0 bridgehead atoms. The van der Waals surface area contributed by atoms with Gasteiger partial charge in [0.05, 0.1) is 24.9 Å². The summed E-state index contributed by atoms with van der Waals surface area (Å²) in [5, 5.41) is 15.2. The molecule has 2 heterocycles. The fourth-order valence-electron chi connectivity index (χ4n) is 4.71. The minimum absolute atomic E-state index is 0.262. The van der Waals surface area contributed by atoms with Crippen LogP contribution in [-0.2, 0) is 29.0 Å². The van der Waals surface area contributed by atoms with E-state index >= 15 is 0 Å². The Labute approximate surface area is 213 Å². The molecule has 0 saturated carbocycles. The van der Waals surface area contributed by atoms with Crippen molar-refractivity contribution in [3.8, 4) is 11.3 Å². The second-order valence-corrected chi connectivity index (χ2v) is 9.18. The molecule has 36 heavy (non-hydrogen) atoms. The highest BCUT2D eigenvalue weighted by Crippen LogP contribution is 2.35. The van der Waals surface area contributed by atoms with Gasteiger partial charge in [-0.3, -0.25) is 4.90 Å². The maximum atomic E-state index is 10.7. The molecule has 0 aliphatic carbocycles. The van der Waals surface area contributed by atoms with Crippen LogP contribution in [0.2, 0.25) is 0 Å². The van der Waals surface area contributed by atoms with Crippen LogP contribution in [0.5, 0.6) is 0 Å². The number of rotatable bonds is 14. The van der Waals surface area contributed by atoms with E-state index in [-0.39, 0.29) is 6.61 Å². The van der Waals surface area contributed by atoms with Crippen LogP contribution in [0.1, 0.15) is 23.1 Å². The third kappa shape index (κ3) is 6.83. The second-order valence-electron chi connectivity index (χ2n) is 9.18. The summed E-state index contributed by atoms with van der Waals surface area (Å²) in [6.45, 7) is 8.52. The van der Waals surface area contributed by atoms with Crippen molar-refractivity contribution in [3.63, 3.8) is 0 Å². The van der Waals surface area contributed by atoms with Crippen molar-refractivity contribution in [3.05, 3.63) is 83.9 Å². The van der Waals surface area contributed by atoms with E-state index in [1.165, 1.54) is 11.1 Å². The average Bonchev–Trinajstić information content (AvgIpc) is 3.32. The van der Waals surface area contributed by atoms with Gasteiger partial charge in [-0.25, -0.2) is 0 Å². The topological polar surface area (TPSA) is 71.2 Å². The number of aliphatic hydroxyl groups excluding tert-OH is 1. The highest BCUT2D eigenvalue weighted by Gasteiger charge is 2.27. The Morgan fingerprint density at radius 3 is 2.72 bits per heavy atom. The van der Waals surface area contributed by atoms with Crippen LogP contribution in [0, 0.1) is 0 Å². The average molecular weight is 492 g/mol. The van der Waals surface area contributed by atoms with Gasteiger partial charge in [0.1, 0.15) is 5.69 Å². The zero-order valence-corrected chi connectivity index (χ0v) is 21.1. The van der Waals surface area contributed by atoms with Crippen LogP contribution in [0.25, 0.3) is 11.3 Å². The maximum Gasteiger partial charge on any atom is 0.232 e. The molecule has 2 aromatic carbocycles. The van der Waals surface area contributed by atoms with Crippen LogP contribution in [0.4, 0.5) is 5.88 Å². The number of methoxy groups -OCH3 is 1. The van der Waals surface area contributed by atoms with Gasteiger partial charge in [-0.15, -0.1) is 6.58 Å². The van der Waals surface area contributed by atoms with Crippen LogP contribution in [-0.4, -0.2) is 67.8 Å². The summed E-state index contributed by atoms with van der Waals surface area (Å²) < 4.78 is 16.8. The number of hydrogen-bond acceptors (Lipinski definition) is 7. The first-order valence-corrected chi connectivity index (χ1v) is 12.6. The number of anilines is 1. The standard InChI is InChI=1S/C29H37N3O4/c1-3-17-35-22-26(33)20-31(15-9-18-34-2)21-27-28(24-11-5-4-6-12-24)30-36-29(27)32-16-14-23-10-7-8-13-25(23)19-32/h3-8,10-13,26,33H,1,9,14-22H2,2H3/t26-/m1/s1. The predicted octanol–water partition coefficient (Wildman–Crippen LogP) is 4.31. The van der Waals surface area contributed by atoms with Crippen LogP contribution in [0.15, 0.2) is 71.8 Å². The molecular formula is C29H37N3O4.